The van der Waals surface area contributed by atoms with Crippen LogP contribution in [0.4, 0.5) is 0 Å². The van der Waals surface area contributed by atoms with E-state index in [4.69, 9.17) is 17.3 Å². The lowest BCUT2D eigenvalue weighted by atomic mass is 10.2. The smallest absolute Gasteiger partial charge is 0.0406 e. The van der Waals surface area contributed by atoms with Crippen LogP contribution in [0.15, 0.2) is 24.3 Å². The van der Waals surface area contributed by atoms with Crippen LogP contribution in [0.5, 0.6) is 0 Å². The fraction of sp³-hybridized carbons (Fsp3) is 0.500. The Bertz CT molecular complexity index is 313. The summed E-state index contributed by atoms with van der Waals surface area (Å²) < 4.78 is 0. The zero-order chi connectivity index (χ0) is 10.7. The van der Waals surface area contributed by atoms with Gasteiger partial charge in [-0.3, -0.25) is 4.90 Å². The van der Waals surface area contributed by atoms with E-state index in [1.165, 1.54) is 24.9 Å². The van der Waals surface area contributed by atoms with Gasteiger partial charge in [-0.1, -0.05) is 23.7 Å². The molecule has 0 aliphatic carbocycles. The molecule has 0 saturated carbocycles. The van der Waals surface area contributed by atoms with Gasteiger partial charge in [-0.25, -0.2) is 0 Å². The van der Waals surface area contributed by atoms with Crippen molar-refractivity contribution < 1.29 is 0 Å². The van der Waals surface area contributed by atoms with E-state index in [1.807, 2.05) is 12.1 Å². The highest BCUT2D eigenvalue weighted by molar-refractivity contribution is 6.30. The second kappa shape index (κ2) is 6.45. The standard InChI is InChI=1S/C12H17ClN2.ClH/c13-11-5-3-10(4-6-11)9-15-7-1-2-12(15)8-14;/h3-6,12H,1-2,7-9,14H2;1H. The second-order valence-corrected chi connectivity index (χ2v) is 4.57. The van der Waals surface area contributed by atoms with Gasteiger partial charge >= 0.3 is 0 Å². The predicted molar refractivity (Wildman–Crippen MR) is 71.2 cm³/mol. The van der Waals surface area contributed by atoms with Gasteiger partial charge in [0.05, 0.1) is 0 Å². The van der Waals surface area contributed by atoms with E-state index in [2.05, 4.69) is 17.0 Å². The summed E-state index contributed by atoms with van der Waals surface area (Å²) in [4.78, 5) is 2.46. The first kappa shape index (κ1) is 13.8. The third-order valence-electron chi connectivity index (χ3n) is 3.07. The third kappa shape index (κ3) is 3.36. The molecular weight excluding hydrogens is 243 g/mol. The monoisotopic (exact) mass is 260 g/mol. The fourth-order valence-electron chi connectivity index (χ4n) is 2.19. The Morgan fingerprint density at radius 1 is 1.31 bits per heavy atom. The molecule has 1 heterocycles. The molecule has 1 aliphatic rings. The first-order valence-corrected chi connectivity index (χ1v) is 5.86. The fourth-order valence-corrected chi connectivity index (χ4v) is 2.32. The lowest BCUT2D eigenvalue weighted by molar-refractivity contribution is 0.250. The molecule has 4 heteroatoms. The molecule has 1 aromatic carbocycles. The SMILES string of the molecule is Cl.NCC1CCCN1Cc1ccc(Cl)cc1. The molecule has 0 bridgehead atoms. The summed E-state index contributed by atoms with van der Waals surface area (Å²) in [5.74, 6) is 0. The van der Waals surface area contributed by atoms with Gasteiger partial charge in [0.2, 0.25) is 0 Å². The van der Waals surface area contributed by atoms with Crippen molar-refractivity contribution in [2.45, 2.75) is 25.4 Å². The van der Waals surface area contributed by atoms with Gasteiger partial charge in [0.15, 0.2) is 0 Å². The Hall–Kier alpha value is -0.280. The Labute approximate surface area is 108 Å². The summed E-state index contributed by atoms with van der Waals surface area (Å²) in [5, 5.41) is 0.801. The lowest BCUT2D eigenvalue weighted by Gasteiger charge is -2.23. The van der Waals surface area contributed by atoms with Gasteiger partial charge in [0.1, 0.15) is 0 Å². The average molecular weight is 261 g/mol. The summed E-state index contributed by atoms with van der Waals surface area (Å²) in [7, 11) is 0. The number of benzene rings is 1. The number of hydrogen-bond donors (Lipinski definition) is 1. The lowest BCUT2D eigenvalue weighted by Crippen LogP contribution is -2.34. The minimum absolute atomic E-state index is 0. The van der Waals surface area contributed by atoms with E-state index in [-0.39, 0.29) is 12.4 Å². The van der Waals surface area contributed by atoms with Gasteiger partial charge < -0.3 is 5.73 Å². The molecular formula is C12H18Cl2N2. The van der Waals surface area contributed by atoms with Crippen LogP contribution >= 0.6 is 24.0 Å². The van der Waals surface area contributed by atoms with Crippen LogP contribution < -0.4 is 5.73 Å². The number of likely N-dealkylation sites (tertiary alicyclic amines) is 1. The molecule has 1 aliphatic heterocycles. The van der Waals surface area contributed by atoms with Crippen LogP contribution in [0.25, 0.3) is 0 Å². The zero-order valence-electron chi connectivity index (χ0n) is 9.23. The van der Waals surface area contributed by atoms with E-state index in [0.29, 0.717) is 6.04 Å². The summed E-state index contributed by atoms with van der Waals surface area (Å²) >= 11 is 5.85. The van der Waals surface area contributed by atoms with Crippen molar-refractivity contribution >= 4 is 24.0 Å². The van der Waals surface area contributed by atoms with Crippen LogP contribution in [0.2, 0.25) is 5.02 Å². The van der Waals surface area contributed by atoms with Crippen molar-refractivity contribution in [3.05, 3.63) is 34.9 Å². The zero-order valence-corrected chi connectivity index (χ0v) is 10.8. The molecule has 1 atom stereocenters. The molecule has 0 radical (unpaired) electrons. The molecule has 0 spiro atoms. The number of halogens is 2. The number of nitrogens with zero attached hydrogens (tertiary/aromatic N) is 1. The largest absolute Gasteiger partial charge is 0.329 e. The van der Waals surface area contributed by atoms with E-state index in [1.54, 1.807) is 0 Å². The maximum absolute atomic E-state index is 5.85. The normalized spacial score (nSPS) is 20.8. The van der Waals surface area contributed by atoms with Crippen molar-refractivity contribution in [3.63, 3.8) is 0 Å². The molecule has 0 aromatic heterocycles. The molecule has 2 N–H and O–H groups in total. The van der Waals surface area contributed by atoms with Crippen molar-refractivity contribution in [1.29, 1.82) is 0 Å². The Kier molecular flexibility index (Phi) is 5.56. The first-order chi connectivity index (χ1) is 7.29. The number of nitrogens with two attached hydrogens (primary N) is 1. The predicted octanol–water partition coefficient (Wildman–Crippen LogP) is 2.68. The molecule has 90 valence electrons. The maximum atomic E-state index is 5.85. The van der Waals surface area contributed by atoms with E-state index < -0.39 is 0 Å². The highest BCUT2D eigenvalue weighted by Gasteiger charge is 2.22. The topological polar surface area (TPSA) is 29.3 Å². The average Bonchev–Trinajstić information content (AvgIpc) is 2.69. The quantitative estimate of drug-likeness (QED) is 0.906. The Morgan fingerprint density at radius 2 is 2.00 bits per heavy atom. The highest BCUT2D eigenvalue weighted by Crippen LogP contribution is 2.19. The second-order valence-electron chi connectivity index (χ2n) is 4.13. The van der Waals surface area contributed by atoms with Gasteiger partial charge in [0, 0.05) is 24.2 Å². The molecule has 1 saturated heterocycles. The van der Waals surface area contributed by atoms with Gasteiger partial charge in [0.25, 0.3) is 0 Å². The van der Waals surface area contributed by atoms with Crippen LogP contribution in [-0.2, 0) is 6.54 Å². The van der Waals surface area contributed by atoms with Crippen LogP contribution in [0.3, 0.4) is 0 Å². The summed E-state index contributed by atoms with van der Waals surface area (Å²) in [6.07, 6.45) is 2.51. The molecule has 1 aromatic rings. The summed E-state index contributed by atoms with van der Waals surface area (Å²) in [5.41, 5.74) is 7.06. The molecule has 1 unspecified atom stereocenters. The van der Waals surface area contributed by atoms with Gasteiger partial charge in [-0.05, 0) is 37.1 Å². The number of rotatable bonds is 3. The number of hydrogen-bond acceptors (Lipinski definition) is 2. The summed E-state index contributed by atoms with van der Waals surface area (Å²) in [6, 6.07) is 8.65. The highest BCUT2D eigenvalue weighted by atomic mass is 35.5. The minimum Gasteiger partial charge on any atom is -0.329 e. The minimum atomic E-state index is 0. The summed E-state index contributed by atoms with van der Waals surface area (Å²) in [6.45, 7) is 2.94. The first-order valence-electron chi connectivity index (χ1n) is 5.48. The maximum Gasteiger partial charge on any atom is 0.0406 e. The van der Waals surface area contributed by atoms with E-state index >= 15 is 0 Å². The Balaban J connectivity index is 0.00000128. The van der Waals surface area contributed by atoms with Crippen molar-refractivity contribution in [2.75, 3.05) is 13.1 Å². The molecule has 2 rings (SSSR count). The third-order valence-corrected chi connectivity index (χ3v) is 3.32. The van der Waals surface area contributed by atoms with Crippen LogP contribution in [0, 0.1) is 0 Å². The molecule has 0 amide bonds. The van der Waals surface area contributed by atoms with Crippen LogP contribution in [-0.4, -0.2) is 24.0 Å². The molecule has 2 nitrogen and oxygen atoms in total. The van der Waals surface area contributed by atoms with Gasteiger partial charge in [-0.2, -0.15) is 0 Å². The molecule has 1 fully saturated rings. The van der Waals surface area contributed by atoms with Crippen molar-refractivity contribution in [1.82, 2.24) is 4.90 Å². The Morgan fingerprint density at radius 3 is 2.62 bits per heavy atom. The van der Waals surface area contributed by atoms with Crippen LogP contribution in [0.1, 0.15) is 18.4 Å². The van der Waals surface area contributed by atoms with Gasteiger partial charge in [-0.15, -0.1) is 12.4 Å². The van der Waals surface area contributed by atoms with Crippen molar-refractivity contribution in [3.8, 4) is 0 Å². The van der Waals surface area contributed by atoms with E-state index in [0.717, 1.165) is 18.1 Å². The van der Waals surface area contributed by atoms with E-state index in [9.17, 15) is 0 Å². The molecule has 16 heavy (non-hydrogen) atoms. The van der Waals surface area contributed by atoms with Crippen molar-refractivity contribution in [2.24, 2.45) is 5.73 Å².